The van der Waals surface area contributed by atoms with E-state index < -0.39 is 0 Å². The quantitative estimate of drug-likeness (QED) is 0.629. The van der Waals surface area contributed by atoms with Gasteiger partial charge < -0.3 is 15.0 Å². The molecule has 3 N–H and O–H groups in total. The smallest absolute Gasteiger partial charge is 0.279 e. The molecule has 7 nitrogen and oxygen atoms in total. The van der Waals surface area contributed by atoms with Crippen molar-refractivity contribution in [2.45, 2.75) is 6.42 Å². The highest BCUT2D eigenvalue weighted by atomic mass is 16.5. The number of nitrogens with zero attached hydrogens (tertiary/aromatic N) is 2. The number of hydrogen-bond donors (Lipinski definition) is 3. The van der Waals surface area contributed by atoms with Gasteiger partial charge in [0.05, 0.1) is 19.8 Å². The molecule has 0 spiro atoms. The first-order chi connectivity index (χ1) is 11.3. The molecule has 0 bridgehead atoms. The predicted molar refractivity (Wildman–Crippen MR) is 87.6 cm³/mol. The summed E-state index contributed by atoms with van der Waals surface area (Å²) in [6.45, 7) is 5.70. The molecule has 1 aliphatic rings. The number of hydrogen-bond acceptors (Lipinski definition) is 5. The first kappa shape index (κ1) is 15.6. The van der Waals surface area contributed by atoms with Gasteiger partial charge in [0.1, 0.15) is 13.1 Å². The molecule has 1 fully saturated rings. The fraction of sp³-hybridized carbons (Fsp3) is 0.438. The van der Waals surface area contributed by atoms with Crippen molar-refractivity contribution in [1.82, 2.24) is 15.2 Å². The average Bonchev–Trinajstić information content (AvgIpc) is 2.60. The van der Waals surface area contributed by atoms with Crippen LogP contribution in [0.15, 0.2) is 35.1 Å². The van der Waals surface area contributed by atoms with Gasteiger partial charge in [-0.3, -0.25) is 9.78 Å². The first-order valence-corrected chi connectivity index (χ1v) is 8.00. The van der Waals surface area contributed by atoms with Crippen LogP contribution in [-0.4, -0.2) is 54.6 Å². The van der Waals surface area contributed by atoms with Gasteiger partial charge in [-0.25, -0.2) is 0 Å². The molecule has 0 radical (unpaired) electrons. The van der Waals surface area contributed by atoms with Crippen LogP contribution in [0, 0.1) is 0 Å². The van der Waals surface area contributed by atoms with Crippen LogP contribution in [-0.2, 0) is 4.74 Å². The standard InChI is InChI=1S/C16H21N5O2/c22-15-14(13-5-2-1-3-6-13)19-20-16(18-15)17-7-4-8-21-9-11-23-12-10-21/h1-3,5-6H,4,7-12H2,(H2,17,18,20,22)/p+1. The van der Waals surface area contributed by atoms with Gasteiger partial charge in [0.2, 0.25) is 5.95 Å². The van der Waals surface area contributed by atoms with E-state index in [4.69, 9.17) is 4.74 Å². The zero-order valence-corrected chi connectivity index (χ0v) is 13.0. The molecule has 1 aromatic carbocycles. The molecule has 0 atom stereocenters. The number of morpholine rings is 1. The third kappa shape index (κ3) is 4.37. The number of benzene rings is 1. The van der Waals surface area contributed by atoms with E-state index >= 15 is 0 Å². The molecule has 23 heavy (non-hydrogen) atoms. The van der Waals surface area contributed by atoms with Gasteiger partial charge in [0.15, 0.2) is 5.69 Å². The normalized spacial score (nSPS) is 15.5. The maximum absolute atomic E-state index is 12.1. The number of anilines is 1. The summed E-state index contributed by atoms with van der Waals surface area (Å²) < 4.78 is 5.34. The van der Waals surface area contributed by atoms with Gasteiger partial charge in [0, 0.05) is 18.5 Å². The molecular formula is C16H22N5O2+. The fourth-order valence-electron chi connectivity index (χ4n) is 2.66. The summed E-state index contributed by atoms with van der Waals surface area (Å²) in [5, 5.41) is 11.2. The van der Waals surface area contributed by atoms with Crippen molar-refractivity contribution >= 4 is 5.95 Å². The van der Waals surface area contributed by atoms with Crippen LogP contribution in [0.3, 0.4) is 0 Å². The van der Waals surface area contributed by atoms with Crippen molar-refractivity contribution in [1.29, 1.82) is 0 Å². The highest BCUT2D eigenvalue weighted by Gasteiger charge is 2.13. The van der Waals surface area contributed by atoms with Crippen molar-refractivity contribution in [3.63, 3.8) is 0 Å². The number of H-pyrrole nitrogens is 1. The van der Waals surface area contributed by atoms with Crippen LogP contribution >= 0.6 is 0 Å². The molecular weight excluding hydrogens is 294 g/mol. The van der Waals surface area contributed by atoms with Crippen LogP contribution in [0.1, 0.15) is 6.42 Å². The second kappa shape index (κ2) is 7.85. The van der Waals surface area contributed by atoms with Gasteiger partial charge in [-0.1, -0.05) is 30.3 Å². The molecule has 1 saturated heterocycles. The summed E-state index contributed by atoms with van der Waals surface area (Å²) in [6, 6.07) is 9.33. The van der Waals surface area contributed by atoms with Crippen molar-refractivity contribution in [3.8, 4) is 11.3 Å². The summed E-state index contributed by atoms with van der Waals surface area (Å²) in [7, 11) is 0. The number of nitrogens with one attached hydrogen (secondary N) is 3. The van der Waals surface area contributed by atoms with E-state index in [-0.39, 0.29) is 5.56 Å². The van der Waals surface area contributed by atoms with Gasteiger partial charge >= 0.3 is 0 Å². The maximum Gasteiger partial charge on any atom is 0.279 e. The lowest BCUT2D eigenvalue weighted by molar-refractivity contribution is -0.908. The Balaban J connectivity index is 1.51. The second-order valence-electron chi connectivity index (χ2n) is 5.61. The molecule has 0 amide bonds. The molecule has 7 heteroatoms. The third-order valence-electron chi connectivity index (χ3n) is 3.94. The minimum Gasteiger partial charge on any atom is -0.370 e. The monoisotopic (exact) mass is 316 g/mol. The molecule has 2 heterocycles. The Labute approximate surface area is 134 Å². The number of aromatic nitrogens is 3. The fourth-order valence-corrected chi connectivity index (χ4v) is 2.66. The van der Waals surface area contributed by atoms with E-state index in [1.165, 1.54) is 0 Å². The highest BCUT2D eigenvalue weighted by Crippen LogP contribution is 2.10. The Morgan fingerprint density at radius 3 is 2.70 bits per heavy atom. The Kier molecular flexibility index (Phi) is 5.33. The highest BCUT2D eigenvalue weighted by molar-refractivity contribution is 5.57. The van der Waals surface area contributed by atoms with Crippen molar-refractivity contribution in [2.24, 2.45) is 0 Å². The molecule has 1 aliphatic heterocycles. The lowest BCUT2D eigenvalue weighted by Gasteiger charge is -2.23. The Bertz CT molecular complexity index is 668. The van der Waals surface area contributed by atoms with Crippen molar-refractivity contribution in [2.75, 3.05) is 44.7 Å². The predicted octanol–water partition coefficient (Wildman–Crippen LogP) is -0.451. The molecule has 2 aromatic rings. The Hall–Kier alpha value is -2.25. The number of rotatable bonds is 6. The molecule has 0 unspecified atom stereocenters. The number of aromatic amines is 1. The van der Waals surface area contributed by atoms with Crippen LogP contribution in [0.25, 0.3) is 11.3 Å². The Morgan fingerprint density at radius 2 is 1.96 bits per heavy atom. The summed E-state index contributed by atoms with van der Waals surface area (Å²) >= 11 is 0. The minimum absolute atomic E-state index is 0.229. The lowest BCUT2D eigenvalue weighted by atomic mass is 10.2. The van der Waals surface area contributed by atoms with Gasteiger partial charge in [-0.2, -0.15) is 0 Å². The summed E-state index contributed by atoms with van der Waals surface area (Å²) in [5.74, 6) is 0.423. The molecule has 0 saturated carbocycles. The molecule has 3 rings (SSSR count). The Morgan fingerprint density at radius 1 is 1.17 bits per heavy atom. The molecule has 0 aliphatic carbocycles. The number of quaternary nitrogens is 1. The SMILES string of the molecule is O=c1[nH]c(NCCC[NH+]2CCOCC2)nnc1-c1ccccc1. The first-order valence-electron chi connectivity index (χ1n) is 8.00. The third-order valence-corrected chi connectivity index (χ3v) is 3.94. The van der Waals surface area contributed by atoms with Crippen LogP contribution < -0.4 is 15.8 Å². The lowest BCUT2D eigenvalue weighted by Crippen LogP contribution is -3.14. The summed E-state index contributed by atoms with van der Waals surface area (Å²) in [6.07, 6.45) is 1.01. The van der Waals surface area contributed by atoms with Gasteiger partial charge in [-0.15, -0.1) is 10.2 Å². The second-order valence-corrected chi connectivity index (χ2v) is 5.61. The van der Waals surface area contributed by atoms with E-state index in [9.17, 15) is 4.79 Å². The topological polar surface area (TPSA) is 84.3 Å². The zero-order valence-electron chi connectivity index (χ0n) is 13.0. The van der Waals surface area contributed by atoms with Crippen LogP contribution in [0.2, 0.25) is 0 Å². The van der Waals surface area contributed by atoms with Crippen LogP contribution in [0.4, 0.5) is 5.95 Å². The van der Waals surface area contributed by atoms with Crippen molar-refractivity contribution < 1.29 is 9.64 Å². The summed E-state index contributed by atoms with van der Waals surface area (Å²) in [5.41, 5.74) is 0.880. The minimum atomic E-state index is -0.229. The van der Waals surface area contributed by atoms with E-state index in [0.29, 0.717) is 11.6 Å². The number of ether oxygens (including phenoxy) is 1. The molecule has 122 valence electrons. The maximum atomic E-state index is 12.1. The zero-order chi connectivity index (χ0) is 15.9. The van der Waals surface area contributed by atoms with Gasteiger partial charge in [0.25, 0.3) is 5.56 Å². The average molecular weight is 316 g/mol. The van der Waals surface area contributed by atoms with E-state index in [0.717, 1.165) is 51.4 Å². The van der Waals surface area contributed by atoms with Crippen LogP contribution in [0.5, 0.6) is 0 Å². The van der Waals surface area contributed by atoms with Crippen molar-refractivity contribution in [3.05, 3.63) is 40.7 Å². The van der Waals surface area contributed by atoms with E-state index in [1.807, 2.05) is 30.3 Å². The molecule has 1 aromatic heterocycles. The summed E-state index contributed by atoms with van der Waals surface area (Å²) in [4.78, 5) is 16.4. The van der Waals surface area contributed by atoms with E-state index in [2.05, 4.69) is 20.5 Å². The van der Waals surface area contributed by atoms with Gasteiger partial charge in [-0.05, 0) is 0 Å². The largest absolute Gasteiger partial charge is 0.370 e. The van der Waals surface area contributed by atoms with E-state index in [1.54, 1.807) is 4.90 Å².